The Morgan fingerprint density at radius 1 is 1.02 bits per heavy atom. The predicted molar refractivity (Wildman–Crippen MR) is 183 cm³/mol. The number of nitrogens with one attached hydrogen (secondary N) is 2. The van der Waals surface area contributed by atoms with Crippen molar-refractivity contribution in [2.24, 2.45) is 5.92 Å². The largest absolute Gasteiger partial charge is 0.507 e. The molecule has 50 heavy (non-hydrogen) atoms. The molecule has 2 amide bonds. The second-order valence-electron chi connectivity index (χ2n) is 11.5. The summed E-state index contributed by atoms with van der Waals surface area (Å²) in [5, 5.41) is 19.6. The number of carbonyl (C=O) groups excluding carboxylic acids is 4. The maximum atomic E-state index is 14.4. The molecule has 2 aliphatic rings. The minimum Gasteiger partial charge on any atom is -0.507 e. The first kappa shape index (κ1) is 36.3. The minimum absolute atomic E-state index is 0.0218. The number of ketones is 2. The fourth-order valence-corrected chi connectivity index (χ4v) is 7.08. The molecule has 0 radical (unpaired) electrons. The smallest absolute Gasteiger partial charge is 0.231 e. The van der Waals surface area contributed by atoms with Crippen LogP contribution in [0.15, 0.2) is 41.1 Å². The van der Waals surface area contributed by atoms with E-state index < -0.39 is 40.7 Å². The zero-order valence-electron chi connectivity index (χ0n) is 28.1. The summed E-state index contributed by atoms with van der Waals surface area (Å²) in [6.07, 6.45) is 0.884. The quantitative estimate of drug-likeness (QED) is 0.217. The third kappa shape index (κ3) is 6.38. The van der Waals surface area contributed by atoms with Gasteiger partial charge in [-0.2, -0.15) is 0 Å². The Morgan fingerprint density at radius 2 is 1.68 bits per heavy atom. The van der Waals surface area contributed by atoms with Crippen LogP contribution in [-0.2, 0) is 14.4 Å². The molecular weight excluding hydrogens is 694 g/mol. The predicted octanol–water partition coefficient (Wildman–Crippen LogP) is 4.89. The van der Waals surface area contributed by atoms with E-state index in [2.05, 4.69) is 15.6 Å². The summed E-state index contributed by atoms with van der Waals surface area (Å²) in [4.78, 5) is 58.3. The average molecular weight is 730 g/mol. The zero-order valence-corrected chi connectivity index (χ0v) is 29.7. The number of aliphatic hydroxyl groups is 1. The molecule has 3 aromatic rings. The maximum absolute atomic E-state index is 14.4. The minimum atomic E-state index is -2.09. The number of benzene rings is 2. The van der Waals surface area contributed by atoms with Crippen LogP contribution in [0.25, 0.3) is 0 Å². The van der Waals surface area contributed by atoms with Crippen molar-refractivity contribution in [3.63, 3.8) is 0 Å². The highest BCUT2D eigenvalue weighted by molar-refractivity contribution is 7.13. The van der Waals surface area contributed by atoms with Gasteiger partial charge in [-0.15, -0.1) is 11.3 Å². The van der Waals surface area contributed by atoms with Gasteiger partial charge in [-0.25, -0.2) is 4.98 Å². The van der Waals surface area contributed by atoms with Crippen LogP contribution in [0.4, 0.5) is 5.13 Å². The normalized spacial score (nSPS) is 18.7. The number of carbonyl (C=O) groups is 4. The third-order valence-electron chi connectivity index (χ3n) is 8.69. The topological polar surface area (TPSA) is 181 Å². The van der Waals surface area contributed by atoms with Crippen molar-refractivity contribution in [1.29, 1.82) is 0 Å². The molecule has 2 heterocycles. The van der Waals surface area contributed by atoms with E-state index in [-0.39, 0.29) is 82.4 Å². The first-order valence-electron chi connectivity index (χ1n) is 15.4. The summed E-state index contributed by atoms with van der Waals surface area (Å²) in [5.41, 5.74) is -2.00. The van der Waals surface area contributed by atoms with Crippen LogP contribution in [-0.4, -0.2) is 81.2 Å². The van der Waals surface area contributed by atoms with Gasteiger partial charge in [0.1, 0.15) is 22.1 Å². The summed E-state index contributed by atoms with van der Waals surface area (Å²) in [7, 11) is 6.99. The van der Waals surface area contributed by atoms with Gasteiger partial charge in [-0.05, 0) is 17.7 Å². The molecular formula is C34H36ClN3O11S. The van der Waals surface area contributed by atoms with E-state index in [0.29, 0.717) is 10.7 Å². The monoisotopic (exact) mass is 729 g/mol. The number of aromatic nitrogens is 1. The first-order chi connectivity index (χ1) is 23.9. The van der Waals surface area contributed by atoms with Gasteiger partial charge < -0.3 is 44.2 Å². The molecule has 5 rings (SSSR count). The molecule has 16 heteroatoms. The lowest BCUT2D eigenvalue weighted by Crippen LogP contribution is -2.53. The molecule has 1 aliphatic carbocycles. The van der Waals surface area contributed by atoms with Crippen LogP contribution >= 0.6 is 22.9 Å². The molecule has 0 bridgehead atoms. The van der Waals surface area contributed by atoms with Gasteiger partial charge in [0.25, 0.3) is 0 Å². The van der Waals surface area contributed by atoms with Gasteiger partial charge in [0.05, 0.1) is 35.5 Å². The fraction of sp³-hybridized carbons (Fsp3) is 0.382. The number of fused-ring (bicyclic) bond motifs is 1. The number of rotatable bonds is 13. The van der Waals surface area contributed by atoms with Crippen molar-refractivity contribution in [2.75, 3.05) is 47.4 Å². The van der Waals surface area contributed by atoms with Crippen molar-refractivity contribution >= 4 is 51.5 Å². The Bertz CT molecular complexity index is 1840. The van der Waals surface area contributed by atoms with Crippen LogP contribution in [0.1, 0.15) is 48.0 Å². The number of allylic oxidation sites excluding steroid dienone is 1. The molecule has 3 N–H and O–H groups in total. The third-order valence-corrected chi connectivity index (χ3v) is 9.74. The van der Waals surface area contributed by atoms with Crippen LogP contribution < -0.4 is 39.1 Å². The van der Waals surface area contributed by atoms with Crippen LogP contribution in [0, 0.1) is 5.92 Å². The highest BCUT2D eigenvalue weighted by atomic mass is 35.5. The van der Waals surface area contributed by atoms with E-state index in [1.165, 1.54) is 53.0 Å². The molecule has 0 fully saturated rings. The molecule has 1 unspecified atom stereocenters. The van der Waals surface area contributed by atoms with Crippen molar-refractivity contribution in [2.45, 2.75) is 37.7 Å². The highest BCUT2D eigenvalue weighted by Gasteiger charge is 2.61. The Balaban J connectivity index is 1.58. The van der Waals surface area contributed by atoms with Gasteiger partial charge in [0.15, 0.2) is 33.9 Å². The number of amides is 2. The summed E-state index contributed by atoms with van der Waals surface area (Å²) < 4.78 is 33.7. The average Bonchev–Trinajstić information content (AvgIpc) is 3.73. The number of methoxy groups -OCH3 is 5. The van der Waals surface area contributed by atoms with Crippen LogP contribution in [0.3, 0.4) is 0 Å². The van der Waals surface area contributed by atoms with Crippen LogP contribution in [0.5, 0.6) is 34.5 Å². The van der Waals surface area contributed by atoms with Crippen molar-refractivity contribution in [1.82, 2.24) is 10.3 Å². The molecule has 1 spiro atoms. The Labute approximate surface area is 296 Å². The SMILES string of the molecule is COc1cc(OC)c2c(c1Cl)O[C@]1(C2=O)C(O)=C(C(CC(=O)NCCC(=O)Nc2nccs2)c2cc(OC)c(OC)c(OC)c2)C(=O)C[C@H]1C. The number of hydrogen-bond donors (Lipinski definition) is 3. The number of thiazole rings is 1. The molecule has 0 saturated carbocycles. The molecule has 1 aliphatic heterocycles. The van der Waals surface area contributed by atoms with Crippen molar-refractivity contribution < 1.29 is 52.7 Å². The van der Waals surface area contributed by atoms with Gasteiger partial charge in [-0.1, -0.05) is 18.5 Å². The van der Waals surface area contributed by atoms with E-state index in [4.69, 9.17) is 40.0 Å². The zero-order chi connectivity index (χ0) is 36.3. The Hall–Kier alpha value is -5.02. The fourth-order valence-electron chi connectivity index (χ4n) is 6.27. The first-order valence-corrected chi connectivity index (χ1v) is 16.6. The number of hydrogen-bond acceptors (Lipinski definition) is 13. The van der Waals surface area contributed by atoms with Gasteiger partial charge in [0, 0.05) is 60.9 Å². The van der Waals surface area contributed by atoms with Gasteiger partial charge in [-0.3, -0.25) is 19.2 Å². The Morgan fingerprint density at radius 3 is 2.26 bits per heavy atom. The van der Waals surface area contributed by atoms with E-state index in [0.717, 1.165) is 0 Å². The standard InChI is InChI=1S/C34H36ClN3O11S/c1-16-11-19(39)26(31(42)34(16)32(43)27-20(44-2)15-21(45-3)28(35)30(27)49-34)18(17-12-22(46-4)29(48-6)23(13-17)47-5)14-25(41)36-8-7-24(40)38-33-37-9-10-50-33/h9-10,12-13,15-16,18,42H,7-8,11,14H2,1-6H3,(H,36,41)(H,37,38,40)/t16-,18?,34+/m1/s1. The summed E-state index contributed by atoms with van der Waals surface area (Å²) in [6, 6.07) is 4.54. The highest BCUT2D eigenvalue weighted by Crippen LogP contribution is 2.56. The number of aliphatic hydroxyl groups excluding tert-OH is 1. The number of nitrogens with zero attached hydrogens (tertiary/aromatic N) is 1. The van der Waals surface area contributed by atoms with Crippen molar-refractivity contribution in [3.8, 4) is 34.5 Å². The molecule has 1 aromatic heterocycles. The lowest BCUT2D eigenvalue weighted by atomic mass is 9.69. The molecule has 14 nitrogen and oxygen atoms in total. The van der Waals surface area contributed by atoms with E-state index in [1.54, 1.807) is 30.6 Å². The number of ether oxygens (including phenoxy) is 6. The van der Waals surface area contributed by atoms with Gasteiger partial charge >= 0.3 is 0 Å². The molecule has 0 saturated heterocycles. The lowest BCUT2D eigenvalue weighted by Gasteiger charge is -2.38. The number of halogens is 1. The summed E-state index contributed by atoms with van der Waals surface area (Å²) >= 11 is 7.85. The van der Waals surface area contributed by atoms with E-state index in [9.17, 15) is 24.3 Å². The van der Waals surface area contributed by atoms with Crippen molar-refractivity contribution in [3.05, 3.63) is 57.3 Å². The summed E-state index contributed by atoms with van der Waals surface area (Å²) in [6.45, 7) is 1.57. The second-order valence-corrected chi connectivity index (χ2v) is 12.7. The molecule has 2 aromatic carbocycles. The second kappa shape index (κ2) is 14.8. The number of anilines is 1. The molecule has 266 valence electrons. The Kier molecular flexibility index (Phi) is 10.8. The van der Waals surface area contributed by atoms with E-state index in [1.807, 2.05) is 0 Å². The van der Waals surface area contributed by atoms with Crippen LogP contribution in [0.2, 0.25) is 5.02 Å². The lowest BCUT2D eigenvalue weighted by molar-refractivity contribution is -0.122. The van der Waals surface area contributed by atoms with Gasteiger partial charge in [0.2, 0.25) is 28.9 Å². The van der Waals surface area contributed by atoms with E-state index >= 15 is 0 Å². The maximum Gasteiger partial charge on any atom is 0.231 e. The molecule has 3 atom stereocenters. The summed E-state index contributed by atoms with van der Waals surface area (Å²) in [5.74, 6) is -3.90. The number of Topliss-reactive ketones (excluding diaryl/α,β-unsaturated/α-hetero) is 2.